The molecule has 0 radical (unpaired) electrons. The molecule has 2 aromatic carbocycles. The van der Waals surface area contributed by atoms with E-state index in [1.54, 1.807) is 42.5 Å². The number of carbonyl (C=O) groups excluding carboxylic acids is 1. The van der Waals surface area contributed by atoms with E-state index in [4.69, 9.17) is 25.5 Å². The molecule has 0 unspecified atom stereocenters. The number of nitrogens with one attached hydrogen (secondary N) is 1. The molecule has 1 aromatic heterocycles. The smallest absolute Gasteiger partial charge is 0.291 e. The Morgan fingerprint density at radius 2 is 1.96 bits per heavy atom. The van der Waals surface area contributed by atoms with Gasteiger partial charge in [0.2, 0.25) is 0 Å². The van der Waals surface area contributed by atoms with Gasteiger partial charge in [-0.1, -0.05) is 29.8 Å². The highest BCUT2D eigenvalue weighted by atomic mass is 35.5. The van der Waals surface area contributed by atoms with Gasteiger partial charge >= 0.3 is 0 Å². The lowest BCUT2D eigenvalue weighted by Gasteiger charge is -2.14. The van der Waals surface area contributed by atoms with E-state index in [0.717, 1.165) is 6.07 Å². The Labute approximate surface area is 160 Å². The van der Waals surface area contributed by atoms with Crippen molar-refractivity contribution in [1.29, 1.82) is 0 Å². The molecule has 0 aliphatic rings. The quantitative estimate of drug-likeness (QED) is 0.617. The summed E-state index contributed by atoms with van der Waals surface area (Å²) in [7, 11) is 0. The SMILES string of the molecule is CCOCCOc1c(Cl)cccc1NC(=O)c1cc(=O)c2ccccc2o1. The van der Waals surface area contributed by atoms with Crippen molar-refractivity contribution in [3.8, 4) is 5.75 Å². The van der Waals surface area contributed by atoms with E-state index in [1.165, 1.54) is 0 Å². The molecule has 3 aromatic rings. The zero-order chi connectivity index (χ0) is 19.2. The van der Waals surface area contributed by atoms with E-state index >= 15 is 0 Å². The highest BCUT2D eigenvalue weighted by molar-refractivity contribution is 6.32. The fraction of sp³-hybridized carbons (Fsp3) is 0.200. The summed E-state index contributed by atoms with van der Waals surface area (Å²) in [6.45, 7) is 3.15. The van der Waals surface area contributed by atoms with E-state index in [1.807, 2.05) is 6.92 Å². The molecule has 0 atom stereocenters. The Kier molecular flexibility index (Phi) is 6.11. The standard InChI is InChI=1S/C20H18ClNO5/c1-2-25-10-11-26-19-14(21)7-5-8-15(19)22-20(24)18-12-16(23)13-6-3-4-9-17(13)27-18/h3-9,12H,2,10-11H2,1H3,(H,22,24). The first kappa shape index (κ1) is 18.9. The zero-order valence-corrected chi connectivity index (χ0v) is 15.4. The predicted octanol–water partition coefficient (Wildman–Crippen LogP) is 4.11. The minimum absolute atomic E-state index is 0.0982. The Hall–Kier alpha value is -2.83. The van der Waals surface area contributed by atoms with Crippen molar-refractivity contribution in [2.75, 3.05) is 25.1 Å². The normalized spacial score (nSPS) is 10.7. The number of hydrogen-bond donors (Lipinski definition) is 1. The average molecular weight is 388 g/mol. The molecule has 7 heteroatoms. The van der Waals surface area contributed by atoms with E-state index in [9.17, 15) is 9.59 Å². The van der Waals surface area contributed by atoms with Crippen molar-refractivity contribution in [3.05, 3.63) is 69.5 Å². The third kappa shape index (κ3) is 4.48. The van der Waals surface area contributed by atoms with Gasteiger partial charge in [-0.15, -0.1) is 0 Å². The average Bonchev–Trinajstić information content (AvgIpc) is 2.67. The summed E-state index contributed by atoms with van der Waals surface area (Å²) in [6.07, 6.45) is 0. The number of benzene rings is 2. The summed E-state index contributed by atoms with van der Waals surface area (Å²) in [4.78, 5) is 24.8. The molecule has 0 aliphatic heterocycles. The number of ether oxygens (including phenoxy) is 2. The van der Waals surface area contributed by atoms with Crippen molar-refractivity contribution in [2.24, 2.45) is 0 Å². The lowest BCUT2D eigenvalue weighted by molar-refractivity contribution is 0.0995. The van der Waals surface area contributed by atoms with Gasteiger partial charge in [0.25, 0.3) is 5.91 Å². The van der Waals surface area contributed by atoms with Crippen LogP contribution in [0.25, 0.3) is 11.0 Å². The molecule has 1 heterocycles. The van der Waals surface area contributed by atoms with E-state index < -0.39 is 5.91 Å². The minimum atomic E-state index is -0.574. The van der Waals surface area contributed by atoms with Crippen LogP contribution >= 0.6 is 11.6 Å². The summed E-state index contributed by atoms with van der Waals surface area (Å²) < 4.78 is 16.4. The van der Waals surface area contributed by atoms with Crippen LogP contribution in [0.5, 0.6) is 5.75 Å². The van der Waals surface area contributed by atoms with Gasteiger partial charge in [0.05, 0.1) is 22.7 Å². The highest BCUT2D eigenvalue weighted by Gasteiger charge is 2.16. The van der Waals surface area contributed by atoms with Gasteiger partial charge in [-0.05, 0) is 31.2 Å². The van der Waals surface area contributed by atoms with E-state index in [2.05, 4.69) is 5.32 Å². The van der Waals surface area contributed by atoms with Crippen LogP contribution in [-0.4, -0.2) is 25.7 Å². The first-order valence-electron chi connectivity index (χ1n) is 8.43. The molecule has 0 saturated heterocycles. The Morgan fingerprint density at radius 1 is 1.15 bits per heavy atom. The van der Waals surface area contributed by atoms with Crippen LogP contribution in [0, 0.1) is 0 Å². The maximum Gasteiger partial charge on any atom is 0.291 e. The zero-order valence-electron chi connectivity index (χ0n) is 14.7. The van der Waals surface area contributed by atoms with Crippen molar-refractivity contribution < 1.29 is 18.7 Å². The maximum atomic E-state index is 12.6. The summed E-state index contributed by atoms with van der Waals surface area (Å²) in [5, 5.41) is 3.44. The molecule has 140 valence electrons. The third-order valence-corrected chi connectivity index (χ3v) is 4.05. The number of carbonyl (C=O) groups is 1. The number of hydrogen-bond acceptors (Lipinski definition) is 5. The maximum absolute atomic E-state index is 12.6. The molecular formula is C20H18ClNO5. The first-order valence-corrected chi connectivity index (χ1v) is 8.81. The molecule has 0 aliphatic carbocycles. The second kappa shape index (κ2) is 8.70. The monoisotopic (exact) mass is 387 g/mol. The predicted molar refractivity (Wildman–Crippen MR) is 104 cm³/mol. The fourth-order valence-corrected chi connectivity index (χ4v) is 2.73. The highest BCUT2D eigenvalue weighted by Crippen LogP contribution is 2.33. The minimum Gasteiger partial charge on any atom is -0.487 e. The molecule has 6 nitrogen and oxygen atoms in total. The van der Waals surface area contributed by atoms with Crippen LogP contribution in [0.15, 0.2) is 57.7 Å². The number of anilines is 1. The van der Waals surface area contributed by atoms with Gasteiger partial charge in [-0.3, -0.25) is 9.59 Å². The molecule has 3 rings (SSSR count). The van der Waals surface area contributed by atoms with Crippen molar-refractivity contribution in [3.63, 3.8) is 0 Å². The molecule has 0 saturated carbocycles. The summed E-state index contributed by atoms with van der Waals surface area (Å²) in [5.41, 5.74) is 0.426. The number of fused-ring (bicyclic) bond motifs is 1. The number of halogens is 1. The molecule has 0 bridgehead atoms. The van der Waals surface area contributed by atoms with Crippen LogP contribution in [0.1, 0.15) is 17.5 Å². The van der Waals surface area contributed by atoms with Crippen molar-refractivity contribution in [2.45, 2.75) is 6.92 Å². The topological polar surface area (TPSA) is 77.8 Å². The van der Waals surface area contributed by atoms with Crippen LogP contribution in [0.3, 0.4) is 0 Å². The van der Waals surface area contributed by atoms with Crippen LogP contribution < -0.4 is 15.5 Å². The lowest BCUT2D eigenvalue weighted by Crippen LogP contribution is -2.16. The fourth-order valence-electron chi connectivity index (χ4n) is 2.50. The molecule has 0 spiro atoms. The number of amides is 1. The summed E-state index contributed by atoms with van der Waals surface area (Å²) >= 11 is 6.18. The largest absolute Gasteiger partial charge is 0.487 e. The van der Waals surface area contributed by atoms with Crippen LogP contribution in [-0.2, 0) is 4.74 Å². The molecule has 0 fully saturated rings. The molecular weight excluding hydrogens is 370 g/mol. The number of para-hydroxylation sites is 2. The summed E-state index contributed by atoms with van der Waals surface area (Å²) in [6, 6.07) is 12.9. The second-order valence-corrected chi connectivity index (χ2v) is 5.99. The Balaban J connectivity index is 1.84. The van der Waals surface area contributed by atoms with Gasteiger partial charge < -0.3 is 19.2 Å². The van der Waals surface area contributed by atoms with Crippen LogP contribution in [0.2, 0.25) is 5.02 Å². The third-order valence-electron chi connectivity index (χ3n) is 3.75. The van der Waals surface area contributed by atoms with E-state index in [0.29, 0.717) is 40.6 Å². The van der Waals surface area contributed by atoms with Crippen molar-refractivity contribution in [1.82, 2.24) is 0 Å². The second-order valence-electron chi connectivity index (χ2n) is 5.59. The van der Waals surface area contributed by atoms with Gasteiger partial charge in [0.1, 0.15) is 12.2 Å². The number of rotatable bonds is 7. The van der Waals surface area contributed by atoms with Gasteiger partial charge in [-0.2, -0.15) is 0 Å². The summed E-state index contributed by atoms with van der Waals surface area (Å²) in [5.74, 6) is -0.343. The van der Waals surface area contributed by atoms with Gasteiger partial charge in [0.15, 0.2) is 16.9 Å². The molecule has 1 N–H and O–H groups in total. The Bertz CT molecular complexity index is 1010. The molecule has 1 amide bonds. The molecule has 27 heavy (non-hydrogen) atoms. The van der Waals surface area contributed by atoms with Crippen molar-refractivity contribution >= 4 is 34.2 Å². The Morgan fingerprint density at radius 3 is 2.78 bits per heavy atom. The van der Waals surface area contributed by atoms with Gasteiger partial charge in [-0.25, -0.2) is 0 Å². The van der Waals surface area contributed by atoms with Gasteiger partial charge in [0, 0.05) is 12.7 Å². The van der Waals surface area contributed by atoms with E-state index in [-0.39, 0.29) is 17.8 Å². The first-order chi connectivity index (χ1) is 13.1. The lowest BCUT2D eigenvalue weighted by atomic mass is 10.2. The van der Waals surface area contributed by atoms with Crippen LogP contribution in [0.4, 0.5) is 5.69 Å².